The molecular formula is C17H32. The molecule has 0 amide bonds. The molecule has 6 unspecified atom stereocenters. The molecule has 0 heterocycles. The fourth-order valence-corrected chi connectivity index (χ4v) is 5.43. The van der Waals surface area contributed by atoms with Crippen molar-refractivity contribution in [3.8, 4) is 0 Å². The lowest BCUT2D eigenvalue weighted by atomic mass is 9.53. The maximum absolute atomic E-state index is 2.57. The Bertz CT molecular complexity index is 265. The quantitative estimate of drug-likeness (QED) is 0.627. The third-order valence-corrected chi connectivity index (χ3v) is 6.38. The second-order valence-electron chi connectivity index (χ2n) is 7.92. The van der Waals surface area contributed by atoms with Crippen LogP contribution in [0, 0.1) is 46.8 Å². The smallest absolute Gasteiger partial charge is 0.0289 e. The maximum Gasteiger partial charge on any atom is -0.0289 e. The number of rotatable bonds is 4. The molecule has 0 heteroatoms. The first kappa shape index (κ1) is 13.4. The Morgan fingerprint density at radius 1 is 1.18 bits per heavy atom. The highest BCUT2D eigenvalue weighted by atomic mass is 14.6. The summed E-state index contributed by atoms with van der Waals surface area (Å²) in [6.45, 7) is 17.3. The Kier molecular flexibility index (Phi) is 3.38. The van der Waals surface area contributed by atoms with Crippen LogP contribution in [0.3, 0.4) is 0 Å². The average Bonchev–Trinajstić information content (AvgIpc) is 2.87. The fourth-order valence-electron chi connectivity index (χ4n) is 5.43. The molecule has 0 aliphatic heterocycles. The van der Waals surface area contributed by atoms with Crippen molar-refractivity contribution in [3.05, 3.63) is 0 Å². The summed E-state index contributed by atoms with van der Waals surface area (Å²) in [4.78, 5) is 0. The molecule has 2 rings (SSSR count). The average molecular weight is 236 g/mol. The summed E-state index contributed by atoms with van der Waals surface area (Å²) in [5.74, 6) is 6.83. The molecule has 0 saturated heterocycles. The van der Waals surface area contributed by atoms with Gasteiger partial charge in [-0.25, -0.2) is 0 Å². The molecule has 2 aliphatic carbocycles. The largest absolute Gasteiger partial charge is 0.0651 e. The molecule has 0 N–H and O–H groups in total. The second-order valence-corrected chi connectivity index (χ2v) is 7.92. The van der Waals surface area contributed by atoms with Crippen molar-refractivity contribution in [2.75, 3.05) is 0 Å². The molecule has 0 aromatic heterocycles. The highest BCUT2D eigenvalue weighted by molar-refractivity contribution is 5.08. The molecule has 0 spiro atoms. The maximum atomic E-state index is 2.57. The summed E-state index contributed by atoms with van der Waals surface area (Å²) < 4.78 is 0. The van der Waals surface area contributed by atoms with E-state index < -0.39 is 0 Å². The van der Waals surface area contributed by atoms with E-state index in [0.29, 0.717) is 5.41 Å². The SMILES string of the molecule is CCC1C(C)CC1C(C)(C)C1C(C)C1C(C)C. The Morgan fingerprint density at radius 2 is 1.76 bits per heavy atom. The van der Waals surface area contributed by atoms with Crippen LogP contribution in [0.1, 0.15) is 61.3 Å². The second kappa shape index (κ2) is 4.28. The van der Waals surface area contributed by atoms with Gasteiger partial charge in [0.2, 0.25) is 0 Å². The molecule has 6 atom stereocenters. The minimum atomic E-state index is 0.585. The third kappa shape index (κ3) is 1.96. The van der Waals surface area contributed by atoms with Crippen LogP contribution in [-0.2, 0) is 0 Å². The van der Waals surface area contributed by atoms with Gasteiger partial charge in [0.1, 0.15) is 0 Å². The molecule has 100 valence electrons. The first-order valence-corrected chi connectivity index (χ1v) is 7.82. The summed E-state index contributed by atoms with van der Waals surface area (Å²) >= 11 is 0. The lowest BCUT2D eigenvalue weighted by Crippen LogP contribution is -2.45. The predicted molar refractivity (Wildman–Crippen MR) is 75.8 cm³/mol. The zero-order valence-corrected chi connectivity index (χ0v) is 13.0. The lowest BCUT2D eigenvalue weighted by Gasteiger charge is -2.52. The molecular weight excluding hydrogens is 204 g/mol. The van der Waals surface area contributed by atoms with Crippen LogP contribution in [0.2, 0.25) is 0 Å². The molecule has 0 aromatic carbocycles. The number of hydrogen-bond acceptors (Lipinski definition) is 0. The van der Waals surface area contributed by atoms with E-state index in [0.717, 1.165) is 41.4 Å². The van der Waals surface area contributed by atoms with E-state index in [9.17, 15) is 0 Å². The zero-order valence-electron chi connectivity index (χ0n) is 13.0. The van der Waals surface area contributed by atoms with Gasteiger partial charge >= 0.3 is 0 Å². The van der Waals surface area contributed by atoms with Gasteiger partial charge in [-0.1, -0.05) is 54.9 Å². The lowest BCUT2D eigenvalue weighted by molar-refractivity contribution is -0.0320. The number of hydrogen-bond donors (Lipinski definition) is 0. The van der Waals surface area contributed by atoms with Crippen molar-refractivity contribution in [3.63, 3.8) is 0 Å². The molecule has 0 aromatic rings. The molecule has 2 aliphatic rings. The summed E-state index contributed by atoms with van der Waals surface area (Å²) in [6, 6.07) is 0. The molecule has 17 heavy (non-hydrogen) atoms. The van der Waals surface area contributed by atoms with Gasteiger partial charge in [-0.05, 0) is 53.3 Å². The van der Waals surface area contributed by atoms with Crippen LogP contribution in [0.15, 0.2) is 0 Å². The van der Waals surface area contributed by atoms with Crippen LogP contribution in [0.5, 0.6) is 0 Å². The van der Waals surface area contributed by atoms with Crippen molar-refractivity contribution in [2.24, 2.45) is 46.8 Å². The van der Waals surface area contributed by atoms with Crippen molar-refractivity contribution in [1.29, 1.82) is 0 Å². The van der Waals surface area contributed by atoms with Crippen LogP contribution in [0.25, 0.3) is 0 Å². The van der Waals surface area contributed by atoms with Crippen molar-refractivity contribution in [2.45, 2.75) is 61.3 Å². The van der Waals surface area contributed by atoms with Gasteiger partial charge < -0.3 is 0 Å². The Hall–Kier alpha value is 0. The van der Waals surface area contributed by atoms with E-state index in [1.54, 1.807) is 0 Å². The minimum Gasteiger partial charge on any atom is -0.0651 e. The van der Waals surface area contributed by atoms with Crippen LogP contribution >= 0.6 is 0 Å². The van der Waals surface area contributed by atoms with E-state index in [1.165, 1.54) is 12.8 Å². The third-order valence-electron chi connectivity index (χ3n) is 6.38. The zero-order chi connectivity index (χ0) is 13.0. The van der Waals surface area contributed by atoms with Gasteiger partial charge in [0.15, 0.2) is 0 Å². The highest BCUT2D eigenvalue weighted by Crippen LogP contribution is 2.66. The van der Waals surface area contributed by atoms with E-state index in [4.69, 9.17) is 0 Å². The Labute approximate surface area is 109 Å². The van der Waals surface area contributed by atoms with Gasteiger partial charge in [0, 0.05) is 0 Å². The predicted octanol–water partition coefficient (Wildman–Crippen LogP) is 5.23. The van der Waals surface area contributed by atoms with E-state index in [-0.39, 0.29) is 0 Å². The molecule has 0 radical (unpaired) electrons. The van der Waals surface area contributed by atoms with E-state index in [2.05, 4.69) is 48.5 Å². The summed E-state index contributed by atoms with van der Waals surface area (Å²) in [5, 5.41) is 0. The normalized spacial score (nSPS) is 45.9. The highest BCUT2D eigenvalue weighted by Gasteiger charge is 2.60. The van der Waals surface area contributed by atoms with Crippen LogP contribution in [-0.4, -0.2) is 0 Å². The fraction of sp³-hybridized carbons (Fsp3) is 1.00. The first-order chi connectivity index (χ1) is 7.82. The summed E-state index contributed by atoms with van der Waals surface area (Å²) in [7, 11) is 0. The molecule has 2 saturated carbocycles. The molecule has 0 nitrogen and oxygen atoms in total. The Balaban J connectivity index is 2.05. The topological polar surface area (TPSA) is 0 Å². The van der Waals surface area contributed by atoms with Crippen molar-refractivity contribution in [1.82, 2.24) is 0 Å². The van der Waals surface area contributed by atoms with Gasteiger partial charge in [0.25, 0.3) is 0 Å². The van der Waals surface area contributed by atoms with Gasteiger partial charge in [0.05, 0.1) is 0 Å². The van der Waals surface area contributed by atoms with Crippen molar-refractivity contribution >= 4 is 0 Å². The van der Waals surface area contributed by atoms with Gasteiger partial charge in [-0.3, -0.25) is 0 Å². The monoisotopic (exact) mass is 236 g/mol. The summed E-state index contributed by atoms with van der Waals surface area (Å²) in [6.07, 6.45) is 2.88. The Morgan fingerprint density at radius 3 is 2.12 bits per heavy atom. The first-order valence-electron chi connectivity index (χ1n) is 7.82. The van der Waals surface area contributed by atoms with E-state index in [1.807, 2.05) is 0 Å². The van der Waals surface area contributed by atoms with Crippen molar-refractivity contribution < 1.29 is 0 Å². The van der Waals surface area contributed by atoms with Gasteiger partial charge in [-0.15, -0.1) is 0 Å². The van der Waals surface area contributed by atoms with Gasteiger partial charge in [-0.2, -0.15) is 0 Å². The van der Waals surface area contributed by atoms with Crippen LogP contribution in [0.4, 0.5) is 0 Å². The standard InChI is InChI=1S/C17H32/c1-8-13-11(4)9-14(13)17(6,7)16-12(5)15(16)10(2)3/h10-16H,8-9H2,1-7H3. The minimum absolute atomic E-state index is 0.585. The summed E-state index contributed by atoms with van der Waals surface area (Å²) in [5.41, 5.74) is 0.585. The molecule has 0 bridgehead atoms. The van der Waals surface area contributed by atoms with E-state index >= 15 is 0 Å². The van der Waals surface area contributed by atoms with Crippen LogP contribution < -0.4 is 0 Å². The molecule has 2 fully saturated rings.